The number of rotatable bonds is 2. The molecule has 0 aliphatic carbocycles. The molecule has 18 heavy (non-hydrogen) atoms. The topological polar surface area (TPSA) is 56.9 Å². The zero-order valence-electron chi connectivity index (χ0n) is 9.90. The largest absolute Gasteiger partial charge is 0.361 e. The minimum absolute atomic E-state index is 0.0529. The summed E-state index contributed by atoms with van der Waals surface area (Å²) in [5.74, 6) is 1.98. The minimum atomic E-state index is -0.0781. The van der Waals surface area contributed by atoms with Crippen molar-refractivity contribution in [3.05, 3.63) is 30.5 Å². The second kappa shape index (κ2) is 5.04. The molecule has 1 aliphatic rings. The fraction of sp³-hybridized carbons (Fsp3) is 0.308. The molecule has 2 heterocycles. The van der Waals surface area contributed by atoms with Gasteiger partial charge < -0.3 is 15.6 Å². The van der Waals surface area contributed by atoms with Crippen LogP contribution >= 0.6 is 11.8 Å². The van der Waals surface area contributed by atoms with E-state index in [1.807, 2.05) is 42.2 Å². The van der Waals surface area contributed by atoms with E-state index < -0.39 is 0 Å². The molecule has 1 amide bonds. The first kappa shape index (κ1) is 11.6. The molecule has 3 rings (SSSR count). The summed E-state index contributed by atoms with van der Waals surface area (Å²) in [5, 5.41) is 7.31. The molecule has 1 atom stereocenters. The second-order valence-corrected chi connectivity index (χ2v) is 5.50. The maximum absolute atomic E-state index is 12.0. The fourth-order valence-corrected chi connectivity index (χ4v) is 3.03. The molecule has 1 saturated heterocycles. The zero-order chi connectivity index (χ0) is 12.4. The third-order valence-corrected chi connectivity index (χ3v) is 4.12. The SMILES string of the molecule is O=C(Nc1ccc2[nH]ccc2c1)C1CSCCN1. The van der Waals surface area contributed by atoms with Gasteiger partial charge in [-0.15, -0.1) is 0 Å². The van der Waals surface area contributed by atoms with Gasteiger partial charge in [0.2, 0.25) is 5.91 Å². The molecule has 1 fully saturated rings. The van der Waals surface area contributed by atoms with Crippen molar-refractivity contribution in [2.45, 2.75) is 6.04 Å². The van der Waals surface area contributed by atoms with E-state index in [1.54, 1.807) is 0 Å². The van der Waals surface area contributed by atoms with Crippen molar-refractivity contribution < 1.29 is 4.79 Å². The first-order valence-electron chi connectivity index (χ1n) is 6.02. The van der Waals surface area contributed by atoms with Crippen molar-refractivity contribution in [1.29, 1.82) is 0 Å². The maximum atomic E-state index is 12.0. The van der Waals surface area contributed by atoms with Gasteiger partial charge in [-0.1, -0.05) is 0 Å². The molecule has 0 radical (unpaired) electrons. The van der Waals surface area contributed by atoms with Crippen LogP contribution in [0, 0.1) is 0 Å². The first-order chi connectivity index (χ1) is 8.83. The van der Waals surface area contributed by atoms with Crippen LogP contribution in [-0.2, 0) is 4.79 Å². The number of amides is 1. The maximum Gasteiger partial charge on any atom is 0.242 e. The molecular formula is C13H15N3OS. The molecule has 94 valence electrons. The van der Waals surface area contributed by atoms with Gasteiger partial charge in [-0.3, -0.25) is 4.79 Å². The van der Waals surface area contributed by atoms with Crippen LogP contribution in [0.5, 0.6) is 0 Å². The Morgan fingerprint density at radius 2 is 2.33 bits per heavy atom. The van der Waals surface area contributed by atoms with Crippen molar-refractivity contribution in [1.82, 2.24) is 10.3 Å². The molecule has 2 aromatic rings. The van der Waals surface area contributed by atoms with Gasteiger partial charge in [0, 0.05) is 40.8 Å². The molecule has 1 aliphatic heterocycles. The summed E-state index contributed by atoms with van der Waals surface area (Å²) >= 11 is 1.82. The molecule has 0 spiro atoms. The smallest absolute Gasteiger partial charge is 0.242 e. The standard InChI is InChI=1S/C13H15N3OS/c17-13(12-8-18-6-5-15-12)16-10-1-2-11-9(7-10)3-4-14-11/h1-4,7,12,14-15H,5-6,8H2,(H,16,17). The molecule has 4 nitrogen and oxygen atoms in total. The number of benzene rings is 1. The van der Waals surface area contributed by atoms with Crippen LogP contribution in [0.2, 0.25) is 0 Å². The van der Waals surface area contributed by atoms with Crippen LogP contribution in [-0.4, -0.2) is 35.0 Å². The fourth-order valence-electron chi connectivity index (χ4n) is 2.09. The lowest BCUT2D eigenvalue weighted by atomic mass is 10.2. The summed E-state index contributed by atoms with van der Waals surface area (Å²) in [7, 11) is 0. The number of aromatic amines is 1. The number of anilines is 1. The molecule has 1 unspecified atom stereocenters. The number of carbonyl (C=O) groups excluding carboxylic acids is 1. The predicted molar refractivity (Wildman–Crippen MR) is 76.0 cm³/mol. The number of fused-ring (bicyclic) bond motifs is 1. The van der Waals surface area contributed by atoms with E-state index in [2.05, 4.69) is 15.6 Å². The van der Waals surface area contributed by atoms with E-state index in [-0.39, 0.29) is 11.9 Å². The second-order valence-electron chi connectivity index (χ2n) is 4.35. The van der Waals surface area contributed by atoms with Gasteiger partial charge in [-0.05, 0) is 24.3 Å². The Labute approximate surface area is 110 Å². The van der Waals surface area contributed by atoms with Crippen molar-refractivity contribution in [3.8, 4) is 0 Å². The molecular weight excluding hydrogens is 246 g/mol. The number of hydrogen-bond donors (Lipinski definition) is 3. The van der Waals surface area contributed by atoms with E-state index in [1.165, 1.54) is 0 Å². The average Bonchev–Trinajstić information content (AvgIpc) is 2.87. The predicted octanol–water partition coefficient (Wildman–Crippen LogP) is 1.81. The highest BCUT2D eigenvalue weighted by molar-refractivity contribution is 7.99. The Morgan fingerprint density at radius 1 is 1.39 bits per heavy atom. The Hall–Kier alpha value is -1.46. The number of H-pyrrole nitrogens is 1. The summed E-state index contributed by atoms with van der Waals surface area (Å²) in [6, 6.07) is 7.81. The highest BCUT2D eigenvalue weighted by Gasteiger charge is 2.20. The Kier molecular flexibility index (Phi) is 3.25. The Balaban J connectivity index is 1.72. The van der Waals surface area contributed by atoms with Gasteiger partial charge in [-0.2, -0.15) is 11.8 Å². The lowest BCUT2D eigenvalue weighted by molar-refractivity contribution is -0.117. The number of nitrogens with one attached hydrogen (secondary N) is 3. The lowest BCUT2D eigenvalue weighted by Gasteiger charge is -2.22. The van der Waals surface area contributed by atoms with Crippen molar-refractivity contribution in [3.63, 3.8) is 0 Å². The monoisotopic (exact) mass is 261 g/mol. The number of carbonyl (C=O) groups is 1. The van der Waals surface area contributed by atoms with Crippen LogP contribution in [0.3, 0.4) is 0 Å². The van der Waals surface area contributed by atoms with Gasteiger partial charge in [0.05, 0.1) is 6.04 Å². The molecule has 1 aromatic heterocycles. The highest BCUT2D eigenvalue weighted by Crippen LogP contribution is 2.18. The summed E-state index contributed by atoms with van der Waals surface area (Å²) < 4.78 is 0. The van der Waals surface area contributed by atoms with Crippen molar-refractivity contribution in [2.24, 2.45) is 0 Å². The molecule has 5 heteroatoms. The number of aromatic nitrogens is 1. The lowest BCUT2D eigenvalue weighted by Crippen LogP contribution is -2.46. The van der Waals surface area contributed by atoms with Gasteiger partial charge in [-0.25, -0.2) is 0 Å². The Bertz CT molecular complexity index is 560. The van der Waals surface area contributed by atoms with Crippen LogP contribution in [0.15, 0.2) is 30.5 Å². The summed E-state index contributed by atoms with van der Waals surface area (Å²) in [5.41, 5.74) is 1.93. The third kappa shape index (κ3) is 2.37. The van der Waals surface area contributed by atoms with Crippen LogP contribution in [0.4, 0.5) is 5.69 Å². The third-order valence-electron chi connectivity index (χ3n) is 3.06. The molecule has 1 aromatic carbocycles. The van der Waals surface area contributed by atoms with E-state index in [0.717, 1.165) is 34.6 Å². The molecule has 0 bridgehead atoms. The summed E-state index contributed by atoms with van der Waals surface area (Å²) in [6.07, 6.45) is 1.90. The van der Waals surface area contributed by atoms with Crippen LogP contribution in [0.1, 0.15) is 0 Å². The van der Waals surface area contributed by atoms with E-state index in [0.29, 0.717) is 0 Å². The quantitative estimate of drug-likeness (QED) is 0.773. The summed E-state index contributed by atoms with van der Waals surface area (Å²) in [4.78, 5) is 15.2. The summed E-state index contributed by atoms with van der Waals surface area (Å²) in [6.45, 7) is 0.902. The van der Waals surface area contributed by atoms with Gasteiger partial charge >= 0.3 is 0 Å². The van der Waals surface area contributed by atoms with Gasteiger partial charge in [0.1, 0.15) is 0 Å². The van der Waals surface area contributed by atoms with Gasteiger partial charge in [0.25, 0.3) is 0 Å². The number of hydrogen-bond acceptors (Lipinski definition) is 3. The highest BCUT2D eigenvalue weighted by atomic mass is 32.2. The van der Waals surface area contributed by atoms with Gasteiger partial charge in [0.15, 0.2) is 0 Å². The Morgan fingerprint density at radius 3 is 3.17 bits per heavy atom. The molecule has 0 saturated carbocycles. The van der Waals surface area contributed by atoms with Crippen LogP contribution < -0.4 is 10.6 Å². The van der Waals surface area contributed by atoms with Crippen LogP contribution in [0.25, 0.3) is 10.9 Å². The van der Waals surface area contributed by atoms with E-state index >= 15 is 0 Å². The minimum Gasteiger partial charge on any atom is -0.361 e. The van der Waals surface area contributed by atoms with E-state index in [9.17, 15) is 4.79 Å². The van der Waals surface area contributed by atoms with E-state index in [4.69, 9.17) is 0 Å². The van der Waals surface area contributed by atoms with Crippen molar-refractivity contribution in [2.75, 3.05) is 23.4 Å². The number of thioether (sulfide) groups is 1. The van der Waals surface area contributed by atoms with Crippen molar-refractivity contribution >= 4 is 34.3 Å². The zero-order valence-corrected chi connectivity index (χ0v) is 10.7. The normalized spacial score (nSPS) is 19.9. The average molecular weight is 261 g/mol. The first-order valence-corrected chi connectivity index (χ1v) is 7.17. The molecule has 3 N–H and O–H groups in total.